The number of imidazole rings is 2. The molecule has 1 aliphatic rings. The number of fused-ring (bicyclic) bond motifs is 1. The number of nitrogens with zero attached hydrogens (tertiary/aromatic N) is 5. The molecule has 0 saturated carbocycles. The Balaban J connectivity index is 1.14. The Hall–Kier alpha value is -6.02. The number of methoxy groups -OCH3 is 1. The average molecular weight is 735 g/mol. The lowest BCUT2D eigenvalue weighted by molar-refractivity contribution is -0.170. The van der Waals surface area contributed by atoms with Crippen LogP contribution in [0.1, 0.15) is 45.3 Å². The van der Waals surface area contributed by atoms with Crippen molar-refractivity contribution >= 4 is 35.1 Å². The summed E-state index contributed by atoms with van der Waals surface area (Å²) in [5, 5.41) is 5.58. The number of ether oxygens (including phenoxy) is 1. The first-order valence-corrected chi connectivity index (χ1v) is 18.0. The van der Waals surface area contributed by atoms with E-state index in [0.29, 0.717) is 25.3 Å². The quantitative estimate of drug-likeness (QED) is 0.0996. The highest BCUT2D eigenvalue weighted by Gasteiger charge is 2.49. The number of hydroxylamine groups is 2. The zero-order valence-electron chi connectivity index (χ0n) is 31.2. The van der Waals surface area contributed by atoms with Gasteiger partial charge in [0.2, 0.25) is 18.2 Å². The number of rotatable bonds is 14. The smallest absolute Gasteiger partial charge is 0.407 e. The molecule has 4 amide bonds. The maximum atomic E-state index is 13.3. The number of amides is 4. The van der Waals surface area contributed by atoms with Crippen molar-refractivity contribution < 1.29 is 28.8 Å². The van der Waals surface area contributed by atoms with Crippen molar-refractivity contribution in [1.82, 2.24) is 40.1 Å². The molecular weight excluding hydrogens is 688 g/mol. The van der Waals surface area contributed by atoms with Crippen LogP contribution in [0.25, 0.3) is 44.4 Å². The number of nitrogens with one attached hydrogen (secondary N) is 3. The number of aromatic nitrogens is 4. The van der Waals surface area contributed by atoms with Gasteiger partial charge in [-0.3, -0.25) is 19.2 Å². The van der Waals surface area contributed by atoms with Crippen LogP contribution in [0.2, 0.25) is 0 Å². The molecule has 3 aromatic carbocycles. The van der Waals surface area contributed by atoms with E-state index in [-0.39, 0.29) is 37.4 Å². The van der Waals surface area contributed by atoms with Crippen LogP contribution in [0.4, 0.5) is 4.79 Å². The molecule has 0 bridgehead atoms. The Bertz CT molecular complexity index is 2130. The van der Waals surface area contributed by atoms with Gasteiger partial charge < -0.3 is 29.8 Å². The molecule has 1 aliphatic heterocycles. The van der Waals surface area contributed by atoms with Gasteiger partial charge in [-0.2, -0.15) is 0 Å². The van der Waals surface area contributed by atoms with Crippen LogP contribution in [0, 0.1) is 5.92 Å². The summed E-state index contributed by atoms with van der Waals surface area (Å²) >= 11 is 0. The number of likely N-dealkylation sites (N-methyl/N-ethyl adjacent to an activating group) is 1. The van der Waals surface area contributed by atoms with Crippen LogP contribution in [0.3, 0.4) is 0 Å². The van der Waals surface area contributed by atoms with E-state index in [2.05, 4.69) is 86.5 Å². The Morgan fingerprint density at radius 2 is 1.57 bits per heavy atom. The SMILES string of the molecule is CC[C@@H]1CCN(C(=O)CN(C=O)OC)[C@]1(C)c1ncc(-c2ccc(-c3ccc4cc(-c5cnc(CN(CC)C(=O)CNC(=O)OC)[nH]5)ccc4c3)cc2)[nH]1. The van der Waals surface area contributed by atoms with E-state index in [1.165, 1.54) is 14.2 Å². The molecule has 6 rings (SSSR count). The van der Waals surface area contributed by atoms with Crippen LogP contribution in [0.5, 0.6) is 0 Å². The molecule has 3 heterocycles. The summed E-state index contributed by atoms with van der Waals surface area (Å²) in [4.78, 5) is 73.1. The fourth-order valence-electron chi connectivity index (χ4n) is 7.33. The minimum atomic E-state index is -0.654. The standard InChI is InChI=1S/C40H46N8O6/c1-6-32-16-17-48(37(51)24-47(25-49)54-5)40(32,3)38-42-21-33(45-38)27-10-8-26(9-11-27)28-12-13-30-19-31(15-14-29(30)18-28)34-20-41-35(44-34)23-46(7-2)36(50)22-43-39(52)53-4/h8-15,18-21,25,32H,6-7,16-17,22-24H2,1-5H3,(H,41,44)(H,42,45)(H,43,52)/t32-,40+/m1/s1. The van der Waals surface area contributed by atoms with Gasteiger partial charge in [0.05, 0.1) is 44.5 Å². The van der Waals surface area contributed by atoms with Crippen molar-refractivity contribution in [3.8, 4) is 33.6 Å². The summed E-state index contributed by atoms with van der Waals surface area (Å²) in [5.74, 6) is 1.14. The number of aromatic amines is 2. The lowest BCUT2D eigenvalue weighted by Gasteiger charge is -2.38. The summed E-state index contributed by atoms with van der Waals surface area (Å²) < 4.78 is 4.54. The number of hydrogen-bond donors (Lipinski definition) is 3. The number of H-pyrrole nitrogens is 2. The molecule has 282 valence electrons. The van der Waals surface area contributed by atoms with Gasteiger partial charge in [-0.25, -0.2) is 19.8 Å². The Morgan fingerprint density at radius 1 is 0.926 bits per heavy atom. The van der Waals surface area contributed by atoms with Gasteiger partial charge in [-0.15, -0.1) is 0 Å². The lowest BCUT2D eigenvalue weighted by Crippen LogP contribution is -2.49. The number of alkyl carbamates (subject to hydrolysis) is 1. The van der Waals surface area contributed by atoms with Gasteiger partial charge in [-0.1, -0.05) is 61.9 Å². The molecule has 3 N–H and O–H groups in total. The summed E-state index contributed by atoms with van der Waals surface area (Å²) in [6, 6.07) is 20.9. The zero-order valence-corrected chi connectivity index (χ0v) is 31.2. The third kappa shape index (κ3) is 7.69. The van der Waals surface area contributed by atoms with Gasteiger partial charge in [0.15, 0.2) is 0 Å². The Labute approximate surface area is 313 Å². The fourth-order valence-corrected chi connectivity index (χ4v) is 7.33. The zero-order chi connectivity index (χ0) is 38.4. The number of carbonyl (C=O) groups is 4. The first kappa shape index (κ1) is 37.7. The van der Waals surface area contributed by atoms with Gasteiger partial charge in [0.25, 0.3) is 0 Å². The van der Waals surface area contributed by atoms with E-state index >= 15 is 0 Å². The molecule has 14 heteroatoms. The molecule has 0 spiro atoms. The summed E-state index contributed by atoms with van der Waals surface area (Å²) in [7, 11) is 2.62. The van der Waals surface area contributed by atoms with Crippen molar-refractivity contribution in [2.24, 2.45) is 5.92 Å². The normalized spacial score (nSPS) is 16.7. The minimum absolute atomic E-state index is 0.154. The molecular formula is C40H46N8O6. The fraction of sp³-hybridized carbons (Fsp3) is 0.350. The van der Waals surface area contributed by atoms with Crippen LogP contribution >= 0.6 is 0 Å². The molecule has 54 heavy (non-hydrogen) atoms. The monoisotopic (exact) mass is 734 g/mol. The van der Waals surface area contributed by atoms with Gasteiger partial charge in [0.1, 0.15) is 30.3 Å². The molecule has 14 nitrogen and oxygen atoms in total. The van der Waals surface area contributed by atoms with E-state index in [4.69, 9.17) is 9.82 Å². The molecule has 1 fully saturated rings. The highest BCUT2D eigenvalue weighted by molar-refractivity contribution is 5.90. The second-order valence-electron chi connectivity index (χ2n) is 13.4. The summed E-state index contributed by atoms with van der Waals surface area (Å²) in [6.45, 7) is 7.05. The number of benzene rings is 3. The number of hydrogen-bond acceptors (Lipinski definition) is 8. The van der Waals surface area contributed by atoms with Crippen molar-refractivity contribution in [2.75, 3.05) is 40.4 Å². The predicted molar refractivity (Wildman–Crippen MR) is 203 cm³/mol. The van der Waals surface area contributed by atoms with E-state index in [1.807, 2.05) is 31.0 Å². The van der Waals surface area contributed by atoms with Crippen LogP contribution in [0.15, 0.2) is 73.1 Å². The predicted octanol–water partition coefficient (Wildman–Crippen LogP) is 5.49. The third-order valence-corrected chi connectivity index (χ3v) is 10.5. The molecule has 0 aliphatic carbocycles. The van der Waals surface area contributed by atoms with Gasteiger partial charge in [0, 0.05) is 18.7 Å². The summed E-state index contributed by atoms with van der Waals surface area (Å²) in [6.07, 6.45) is 5.16. The molecule has 5 aromatic rings. The molecule has 1 saturated heterocycles. The first-order valence-electron chi connectivity index (χ1n) is 18.0. The maximum absolute atomic E-state index is 13.3. The molecule has 0 radical (unpaired) electrons. The Morgan fingerprint density at radius 3 is 2.24 bits per heavy atom. The van der Waals surface area contributed by atoms with E-state index in [0.717, 1.165) is 68.1 Å². The molecule has 2 atom stereocenters. The average Bonchev–Trinajstić information content (AvgIpc) is 3.97. The van der Waals surface area contributed by atoms with E-state index in [1.54, 1.807) is 11.1 Å². The summed E-state index contributed by atoms with van der Waals surface area (Å²) in [5.41, 5.74) is 5.15. The number of carbonyl (C=O) groups excluding carboxylic acids is 4. The van der Waals surface area contributed by atoms with E-state index < -0.39 is 11.6 Å². The van der Waals surface area contributed by atoms with Gasteiger partial charge >= 0.3 is 6.09 Å². The third-order valence-electron chi connectivity index (χ3n) is 10.5. The minimum Gasteiger partial charge on any atom is -0.453 e. The Kier molecular flexibility index (Phi) is 11.4. The van der Waals surface area contributed by atoms with Crippen molar-refractivity contribution in [3.63, 3.8) is 0 Å². The van der Waals surface area contributed by atoms with Crippen LogP contribution < -0.4 is 5.32 Å². The highest BCUT2D eigenvalue weighted by atomic mass is 16.7. The van der Waals surface area contributed by atoms with Crippen molar-refractivity contribution in [3.05, 3.63) is 84.7 Å². The molecule has 2 aromatic heterocycles. The van der Waals surface area contributed by atoms with Gasteiger partial charge in [-0.05, 0) is 65.8 Å². The number of likely N-dealkylation sites (tertiary alicyclic amines) is 1. The first-order chi connectivity index (χ1) is 26.1. The molecule has 0 unspecified atom stereocenters. The van der Waals surface area contributed by atoms with Crippen molar-refractivity contribution in [1.29, 1.82) is 0 Å². The van der Waals surface area contributed by atoms with Crippen LogP contribution in [-0.4, -0.2) is 99.5 Å². The van der Waals surface area contributed by atoms with E-state index in [9.17, 15) is 19.2 Å². The second-order valence-corrected chi connectivity index (χ2v) is 13.4. The second kappa shape index (κ2) is 16.3. The largest absolute Gasteiger partial charge is 0.453 e. The lowest BCUT2D eigenvalue weighted by atomic mass is 9.83. The topological polar surface area (TPSA) is 166 Å². The highest BCUT2D eigenvalue weighted by Crippen LogP contribution is 2.44. The van der Waals surface area contributed by atoms with Crippen molar-refractivity contribution in [2.45, 2.75) is 45.7 Å². The maximum Gasteiger partial charge on any atom is 0.407 e. The van der Waals surface area contributed by atoms with Crippen LogP contribution in [-0.2, 0) is 36.0 Å².